The van der Waals surface area contributed by atoms with Gasteiger partial charge in [0.15, 0.2) is 11.5 Å². The van der Waals surface area contributed by atoms with Crippen molar-refractivity contribution >= 4 is 22.7 Å². The topological polar surface area (TPSA) is 59.5 Å². The number of hydrogen-bond donors (Lipinski definition) is 1. The van der Waals surface area contributed by atoms with Gasteiger partial charge in [0.1, 0.15) is 5.82 Å². The molecule has 0 amide bonds. The molecule has 1 atom stereocenters. The molecule has 1 aliphatic heterocycles. The van der Waals surface area contributed by atoms with Crippen LogP contribution >= 0.6 is 0 Å². The molecule has 0 bridgehead atoms. The van der Waals surface area contributed by atoms with E-state index in [1.54, 1.807) is 14.2 Å². The van der Waals surface area contributed by atoms with E-state index in [2.05, 4.69) is 17.1 Å². The molecule has 1 saturated carbocycles. The van der Waals surface area contributed by atoms with E-state index in [9.17, 15) is 0 Å². The van der Waals surface area contributed by atoms with E-state index in [1.807, 2.05) is 12.1 Å². The molecular formula is C20H28N4O2. The predicted molar refractivity (Wildman–Crippen MR) is 105 cm³/mol. The fraction of sp³-hybridized carbons (Fsp3) is 0.600. The minimum atomic E-state index is 0.528. The molecule has 0 radical (unpaired) electrons. The molecule has 6 nitrogen and oxygen atoms in total. The van der Waals surface area contributed by atoms with Crippen molar-refractivity contribution < 1.29 is 9.47 Å². The summed E-state index contributed by atoms with van der Waals surface area (Å²) in [6.07, 6.45) is 6.16. The Hall–Kier alpha value is -2.24. The largest absolute Gasteiger partial charge is 0.493 e. The van der Waals surface area contributed by atoms with Crippen LogP contribution in [-0.4, -0.2) is 43.3 Å². The number of fused-ring (bicyclic) bond motifs is 1. The molecule has 2 aromatic rings. The van der Waals surface area contributed by atoms with Gasteiger partial charge in [0.2, 0.25) is 5.95 Å². The van der Waals surface area contributed by atoms with Gasteiger partial charge in [0.05, 0.1) is 19.7 Å². The fourth-order valence-electron chi connectivity index (χ4n) is 3.77. The maximum absolute atomic E-state index is 5.47. The molecule has 26 heavy (non-hydrogen) atoms. The van der Waals surface area contributed by atoms with Crippen molar-refractivity contribution in [1.82, 2.24) is 9.97 Å². The highest BCUT2D eigenvalue weighted by Gasteiger charge is 2.27. The number of aromatic nitrogens is 2. The van der Waals surface area contributed by atoms with Crippen molar-refractivity contribution in [2.24, 2.45) is 5.92 Å². The Labute approximate surface area is 154 Å². The van der Waals surface area contributed by atoms with Crippen LogP contribution in [0.5, 0.6) is 11.5 Å². The number of hydrogen-bond acceptors (Lipinski definition) is 6. The average Bonchev–Trinajstić information content (AvgIpc) is 3.35. The maximum atomic E-state index is 5.47. The van der Waals surface area contributed by atoms with Crippen molar-refractivity contribution in [3.05, 3.63) is 12.1 Å². The smallest absolute Gasteiger partial charge is 0.227 e. The Morgan fingerprint density at radius 3 is 2.58 bits per heavy atom. The van der Waals surface area contributed by atoms with Gasteiger partial charge in [-0.05, 0) is 37.7 Å². The second-order valence-electron chi connectivity index (χ2n) is 7.40. The maximum Gasteiger partial charge on any atom is 0.227 e. The van der Waals surface area contributed by atoms with Gasteiger partial charge in [0, 0.05) is 30.6 Å². The van der Waals surface area contributed by atoms with Crippen LogP contribution < -0.4 is 19.7 Å². The normalized spacial score (nSPS) is 19.8. The van der Waals surface area contributed by atoms with E-state index in [-0.39, 0.29) is 0 Å². The van der Waals surface area contributed by atoms with Gasteiger partial charge in [-0.2, -0.15) is 4.98 Å². The highest BCUT2D eigenvalue weighted by atomic mass is 16.5. The molecule has 6 heteroatoms. The second-order valence-corrected chi connectivity index (χ2v) is 7.40. The lowest BCUT2D eigenvalue weighted by Gasteiger charge is -2.19. The van der Waals surface area contributed by atoms with Crippen LogP contribution in [0.25, 0.3) is 10.9 Å². The SMILES string of the molecule is CCCC1CCN(c2nc(NC3CC3)c3cc(OC)c(OC)cc3n2)C1. The molecule has 0 spiro atoms. The first-order valence-electron chi connectivity index (χ1n) is 9.67. The van der Waals surface area contributed by atoms with Crippen molar-refractivity contribution in [3.63, 3.8) is 0 Å². The molecule has 1 aliphatic carbocycles. The Balaban J connectivity index is 1.74. The van der Waals surface area contributed by atoms with Crippen molar-refractivity contribution in [3.8, 4) is 11.5 Å². The lowest BCUT2D eigenvalue weighted by molar-refractivity contribution is 0.356. The second kappa shape index (κ2) is 7.17. The molecule has 2 aliphatic rings. The average molecular weight is 356 g/mol. The third-order valence-electron chi connectivity index (χ3n) is 5.37. The van der Waals surface area contributed by atoms with Gasteiger partial charge >= 0.3 is 0 Å². The van der Waals surface area contributed by atoms with Gasteiger partial charge < -0.3 is 19.7 Å². The Bertz CT molecular complexity index is 791. The van der Waals surface area contributed by atoms with Gasteiger partial charge in [0.25, 0.3) is 0 Å². The zero-order valence-electron chi connectivity index (χ0n) is 15.9. The molecule has 4 rings (SSSR count). The number of nitrogens with one attached hydrogen (secondary N) is 1. The molecule has 1 aromatic carbocycles. The number of rotatable bonds is 7. The number of methoxy groups -OCH3 is 2. The summed E-state index contributed by atoms with van der Waals surface area (Å²) >= 11 is 0. The first kappa shape index (κ1) is 17.2. The number of anilines is 2. The summed E-state index contributed by atoms with van der Waals surface area (Å²) in [4.78, 5) is 12.1. The molecule has 2 fully saturated rings. The van der Waals surface area contributed by atoms with Gasteiger partial charge in [-0.3, -0.25) is 0 Å². The standard InChI is InChI=1S/C20H28N4O2/c1-4-5-13-8-9-24(12-13)20-22-16-11-18(26-3)17(25-2)10-15(16)19(23-20)21-14-6-7-14/h10-11,13-14H,4-9,12H2,1-3H3,(H,21,22,23). The van der Waals surface area contributed by atoms with E-state index < -0.39 is 0 Å². The Morgan fingerprint density at radius 1 is 1.12 bits per heavy atom. The van der Waals surface area contributed by atoms with Crippen molar-refractivity contribution in [2.75, 3.05) is 37.5 Å². The van der Waals surface area contributed by atoms with Gasteiger partial charge in [-0.25, -0.2) is 4.98 Å². The summed E-state index contributed by atoms with van der Waals surface area (Å²) in [5.41, 5.74) is 0.898. The van der Waals surface area contributed by atoms with Gasteiger partial charge in [-0.15, -0.1) is 0 Å². The molecule has 1 N–H and O–H groups in total. The van der Waals surface area contributed by atoms with Crippen LogP contribution in [0.1, 0.15) is 39.0 Å². The minimum Gasteiger partial charge on any atom is -0.493 e. The molecule has 2 heterocycles. The predicted octanol–water partition coefficient (Wildman–Crippen LogP) is 3.85. The summed E-state index contributed by atoms with van der Waals surface area (Å²) < 4.78 is 10.9. The van der Waals surface area contributed by atoms with E-state index in [1.165, 1.54) is 32.1 Å². The lowest BCUT2D eigenvalue weighted by atomic mass is 10.0. The first-order chi connectivity index (χ1) is 12.7. The number of nitrogens with zero attached hydrogens (tertiary/aromatic N) is 3. The first-order valence-corrected chi connectivity index (χ1v) is 9.67. The van der Waals surface area contributed by atoms with Crippen LogP contribution in [0.4, 0.5) is 11.8 Å². The van der Waals surface area contributed by atoms with E-state index in [4.69, 9.17) is 19.4 Å². The van der Waals surface area contributed by atoms with Crippen LogP contribution in [0.2, 0.25) is 0 Å². The van der Waals surface area contributed by atoms with Crippen LogP contribution in [0.15, 0.2) is 12.1 Å². The van der Waals surface area contributed by atoms with Crippen molar-refractivity contribution in [1.29, 1.82) is 0 Å². The Kier molecular flexibility index (Phi) is 4.74. The number of benzene rings is 1. The molecule has 1 unspecified atom stereocenters. The summed E-state index contributed by atoms with van der Waals surface area (Å²) in [5.74, 6) is 3.90. The van der Waals surface area contributed by atoms with E-state index in [0.717, 1.165) is 41.7 Å². The number of ether oxygens (including phenoxy) is 2. The third-order valence-corrected chi connectivity index (χ3v) is 5.37. The summed E-state index contributed by atoms with van der Waals surface area (Å²) in [5, 5.41) is 4.56. The molecular weight excluding hydrogens is 328 g/mol. The summed E-state index contributed by atoms with van der Waals surface area (Å²) in [6, 6.07) is 4.46. The minimum absolute atomic E-state index is 0.528. The van der Waals surface area contributed by atoms with Crippen LogP contribution in [0, 0.1) is 5.92 Å². The molecule has 140 valence electrons. The molecule has 1 aromatic heterocycles. The summed E-state index contributed by atoms with van der Waals surface area (Å²) in [7, 11) is 3.32. The third kappa shape index (κ3) is 3.37. The van der Waals surface area contributed by atoms with Crippen molar-refractivity contribution in [2.45, 2.75) is 45.1 Å². The van der Waals surface area contributed by atoms with E-state index >= 15 is 0 Å². The quantitative estimate of drug-likeness (QED) is 0.813. The fourth-order valence-corrected chi connectivity index (χ4v) is 3.77. The van der Waals surface area contributed by atoms with Crippen LogP contribution in [-0.2, 0) is 0 Å². The van der Waals surface area contributed by atoms with Gasteiger partial charge in [-0.1, -0.05) is 13.3 Å². The lowest BCUT2D eigenvalue weighted by Crippen LogP contribution is -2.23. The highest BCUT2D eigenvalue weighted by molar-refractivity contribution is 5.93. The monoisotopic (exact) mass is 356 g/mol. The van der Waals surface area contributed by atoms with E-state index in [0.29, 0.717) is 17.5 Å². The summed E-state index contributed by atoms with van der Waals surface area (Å²) in [6.45, 7) is 4.34. The zero-order valence-corrected chi connectivity index (χ0v) is 15.9. The van der Waals surface area contributed by atoms with Crippen LogP contribution in [0.3, 0.4) is 0 Å². The highest BCUT2D eigenvalue weighted by Crippen LogP contribution is 2.37. The Morgan fingerprint density at radius 2 is 1.88 bits per heavy atom. The zero-order chi connectivity index (χ0) is 18.1. The molecule has 1 saturated heterocycles.